The van der Waals surface area contributed by atoms with Gasteiger partial charge in [0.1, 0.15) is 5.69 Å². The van der Waals surface area contributed by atoms with Crippen molar-refractivity contribution in [2.45, 2.75) is 39.0 Å². The molecule has 2 aliphatic rings. The molecule has 0 unspecified atom stereocenters. The Kier molecular flexibility index (Phi) is 7.54. The first-order valence-electron chi connectivity index (χ1n) is 12.5. The van der Waals surface area contributed by atoms with Crippen molar-refractivity contribution < 1.29 is 14.3 Å². The van der Waals surface area contributed by atoms with Crippen molar-refractivity contribution in [1.29, 1.82) is 0 Å². The van der Waals surface area contributed by atoms with Crippen LogP contribution in [0.1, 0.15) is 62.6 Å². The predicted molar refractivity (Wildman–Crippen MR) is 134 cm³/mol. The van der Waals surface area contributed by atoms with E-state index in [9.17, 15) is 9.59 Å². The molecular weight excluding hydrogens is 480 g/mol. The van der Waals surface area contributed by atoms with Gasteiger partial charge >= 0.3 is 0 Å². The molecule has 0 aromatic carbocycles. The van der Waals surface area contributed by atoms with Gasteiger partial charge in [0.15, 0.2) is 11.3 Å². The van der Waals surface area contributed by atoms with E-state index in [1.165, 1.54) is 11.3 Å². The minimum absolute atomic E-state index is 0.120. The first kappa shape index (κ1) is 24.7. The van der Waals surface area contributed by atoms with Crippen molar-refractivity contribution >= 4 is 28.8 Å². The largest absolute Gasteiger partial charge is 0.379 e. The number of aryl methyl sites for hydroxylation is 2. The van der Waals surface area contributed by atoms with Crippen LogP contribution in [0.5, 0.6) is 0 Å². The SMILES string of the molecule is Cc1cc2nnc(C(=O)N3CCC(c4nc(C(=O)NCCCN5CCOCC5)cs4)CC3)c(C)n2n1. The Labute approximate surface area is 213 Å². The van der Waals surface area contributed by atoms with Gasteiger partial charge in [-0.05, 0) is 39.7 Å². The Bertz CT molecular complexity index is 1230. The zero-order valence-corrected chi connectivity index (χ0v) is 21.6. The summed E-state index contributed by atoms with van der Waals surface area (Å²) in [4.78, 5) is 34.5. The highest BCUT2D eigenvalue weighted by Crippen LogP contribution is 2.31. The molecule has 12 heteroatoms. The highest BCUT2D eigenvalue weighted by molar-refractivity contribution is 7.09. The third-order valence-electron chi connectivity index (χ3n) is 6.85. The maximum atomic E-state index is 13.1. The van der Waals surface area contributed by atoms with Gasteiger partial charge in [0.2, 0.25) is 0 Å². The number of thiazole rings is 1. The average Bonchev–Trinajstić information content (AvgIpc) is 3.54. The predicted octanol–water partition coefficient (Wildman–Crippen LogP) is 1.67. The van der Waals surface area contributed by atoms with Crippen LogP contribution in [0.4, 0.5) is 0 Å². The summed E-state index contributed by atoms with van der Waals surface area (Å²) in [5, 5.41) is 18.5. The summed E-state index contributed by atoms with van der Waals surface area (Å²) >= 11 is 1.53. The van der Waals surface area contributed by atoms with E-state index in [2.05, 4.69) is 30.5 Å². The molecule has 2 saturated heterocycles. The van der Waals surface area contributed by atoms with E-state index < -0.39 is 0 Å². The Morgan fingerprint density at radius 1 is 1.14 bits per heavy atom. The number of hydrogen-bond acceptors (Lipinski definition) is 9. The number of piperidine rings is 1. The number of aromatic nitrogens is 5. The number of likely N-dealkylation sites (tertiary alicyclic amines) is 1. The lowest BCUT2D eigenvalue weighted by molar-refractivity contribution is 0.0374. The van der Waals surface area contributed by atoms with Crippen LogP contribution in [-0.2, 0) is 4.74 Å². The minimum atomic E-state index is -0.121. The van der Waals surface area contributed by atoms with Crippen LogP contribution in [-0.4, -0.2) is 98.9 Å². The monoisotopic (exact) mass is 512 g/mol. The van der Waals surface area contributed by atoms with Crippen molar-refractivity contribution in [2.75, 3.05) is 52.5 Å². The van der Waals surface area contributed by atoms with Crippen LogP contribution in [0.25, 0.3) is 5.65 Å². The second kappa shape index (κ2) is 11.0. The summed E-state index contributed by atoms with van der Waals surface area (Å²) in [7, 11) is 0. The third kappa shape index (κ3) is 5.40. The van der Waals surface area contributed by atoms with Gasteiger partial charge in [-0.1, -0.05) is 0 Å². The molecule has 2 amide bonds. The molecule has 0 spiro atoms. The van der Waals surface area contributed by atoms with Gasteiger partial charge in [-0.3, -0.25) is 14.5 Å². The lowest BCUT2D eigenvalue weighted by Gasteiger charge is -2.31. The van der Waals surface area contributed by atoms with Gasteiger partial charge in [-0.25, -0.2) is 9.50 Å². The average molecular weight is 513 g/mol. The molecule has 2 aliphatic heterocycles. The fourth-order valence-electron chi connectivity index (χ4n) is 4.75. The Hall–Kier alpha value is -2.96. The summed E-state index contributed by atoms with van der Waals surface area (Å²) in [6.45, 7) is 10.1. The van der Waals surface area contributed by atoms with E-state index in [4.69, 9.17) is 4.74 Å². The van der Waals surface area contributed by atoms with Gasteiger partial charge < -0.3 is 15.0 Å². The summed E-state index contributed by atoms with van der Waals surface area (Å²) in [5.41, 5.74) is 2.99. The number of carbonyl (C=O) groups excluding carboxylic acids is 2. The number of amides is 2. The number of morpholine rings is 1. The summed E-state index contributed by atoms with van der Waals surface area (Å²) in [5.74, 6) is 0.000487. The topological polar surface area (TPSA) is 118 Å². The molecule has 1 N–H and O–H groups in total. The van der Waals surface area contributed by atoms with E-state index in [1.807, 2.05) is 30.2 Å². The molecule has 36 heavy (non-hydrogen) atoms. The third-order valence-corrected chi connectivity index (χ3v) is 7.86. The molecule has 3 aromatic heterocycles. The lowest BCUT2D eigenvalue weighted by Crippen LogP contribution is -2.39. The fraction of sp³-hybridized carbons (Fsp3) is 0.583. The van der Waals surface area contributed by atoms with Crippen molar-refractivity contribution in [3.8, 4) is 0 Å². The second-order valence-corrected chi connectivity index (χ2v) is 10.3. The highest BCUT2D eigenvalue weighted by atomic mass is 32.1. The zero-order valence-electron chi connectivity index (χ0n) is 20.8. The maximum Gasteiger partial charge on any atom is 0.276 e. The van der Waals surface area contributed by atoms with Crippen LogP contribution in [0.15, 0.2) is 11.4 Å². The summed E-state index contributed by atoms with van der Waals surface area (Å²) in [6, 6.07) is 1.84. The first-order valence-corrected chi connectivity index (χ1v) is 13.4. The zero-order chi connectivity index (χ0) is 25.1. The Morgan fingerprint density at radius 3 is 2.69 bits per heavy atom. The van der Waals surface area contributed by atoms with Crippen LogP contribution >= 0.6 is 11.3 Å². The van der Waals surface area contributed by atoms with E-state index in [0.717, 1.165) is 62.8 Å². The molecule has 192 valence electrons. The molecule has 0 saturated carbocycles. The quantitative estimate of drug-likeness (QED) is 0.475. The van der Waals surface area contributed by atoms with Crippen LogP contribution in [0.2, 0.25) is 0 Å². The number of ether oxygens (including phenoxy) is 1. The number of nitrogens with zero attached hydrogens (tertiary/aromatic N) is 7. The molecule has 5 heterocycles. The second-order valence-electron chi connectivity index (χ2n) is 9.39. The Balaban J connectivity index is 1.11. The lowest BCUT2D eigenvalue weighted by atomic mass is 9.97. The van der Waals surface area contributed by atoms with Crippen LogP contribution in [0.3, 0.4) is 0 Å². The van der Waals surface area contributed by atoms with Gasteiger partial charge in [0.05, 0.1) is 29.6 Å². The fourth-order valence-corrected chi connectivity index (χ4v) is 5.73. The molecular formula is C24H32N8O3S. The molecule has 0 aliphatic carbocycles. The van der Waals surface area contributed by atoms with Crippen LogP contribution < -0.4 is 5.32 Å². The smallest absolute Gasteiger partial charge is 0.276 e. The van der Waals surface area contributed by atoms with Crippen molar-refractivity contribution in [3.63, 3.8) is 0 Å². The van der Waals surface area contributed by atoms with E-state index in [1.54, 1.807) is 4.52 Å². The molecule has 2 fully saturated rings. The first-order chi connectivity index (χ1) is 17.5. The number of hydrogen-bond donors (Lipinski definition) is 1. The molecule has 0 atom stereocenters. The summed E-state index contributed by atoms with van der Waals surface area (Å²) in [6.07, 6.45) is 2.51. The standard InChI is InChI=1S/C24H32N8O3S/c1-16-14-20-27-28-21(17(2)32(20)29-16)24(34)31-8-4-18(5-9-31)23-26-19(15-36-23)22(33)25-6-3-7-30-10-12-35-13-11-30/h14-15,18H,3-13H2,1-2H3,(H,25,33). The number of nitrogens with one attached hydrogen (secondary N) is 1. The number of rotatable bonds is 7. The highest BCUT2D eigenvalue weighted by Gasteiger charge is 2.29. The molecule has 0 bridgehead atoms. The van der Waals surface area contributed by atoms with Gasteiger partial charge in [0.25, 0.3) is 11.8 Å². The van der Waals surface area contributed by atoms with E-state index in [-0.39, 0.29) is 17.7 Å². The van der Waals surface area contributed by atoms with Crippen LogP contribution in [0, 0.1) is 13.8 Å². The van der Waals surface area contributed by atoms with Crippen molar-refractivity contribution in [3.05, 3.63) is 39.2 Å². The van der Waals surface area contributed by atoms with Crippen molar-refractivity contribution in [2.24, 2.45) is 0 Å². The van der Waals surface area contributed by atoms with Gasteiger partial charge in [-0.15, -0.1) is 21.5 Å². The van der Waals surface area contributed by atoms with E-state index >= 15 is 0 Å². The summed E-state index contributed by atoms with van der Waals surface area (Å²) < 4.78 is 7.04. The minimum Gasteiger partial charge on any atom is -0.379 e. The normalized spacial score (nSPS) is 17.6. The Morgan fingerprint density at radius 2 is 1.92 bits per heavy atom. The molecule has 0 radical (unpaired) electrons. The number of fused-ring (bicyclic) bond motifs is 1. The maximum absolute atomic E-state index is 13.1. The molecule has 3 aromatic rings. The van der Waals surface area contributed by atoms with Crippen molar-refractivity contribution in [1.82, 2.24) is 39.9 Å². The molecule has 5 rings (SSSR count). The molecule has 11 nitrogen and oxygen atoms in total. The number of carbonyl (C=O) groups is 2. The van der Waals surface area contributed by atoms with Gasteiger partial charge in [0, 0.05) is 50.1 Å². The van der Waals surface area contributed by atoms with E-state index in [0.29, 0.717) is 42.4 Å². The van der Waals surface area contributed by atoms with Gasteiger partial charge in [-0.2, -0.15) is 5.10 Å².